The molecule has 0 atom stereocenters. The van der Waals surface area contributed by atoms with Crippen molar-refractivity contribution in [2.75, 3.05) is 5.73 Å². The Bertz CT molecular complexity index is 646. The van der Waals surface area contributed by atoms with Crippen molar-refractivity contribution < 1.29 is 9.66 Å². The van der Waals surface area contributed by atoms with Crippen molar-refractivity contribution in [2.45, 2.75) is 6.92 Å². The van der Waals surface area contributed by atoms with Gasteiger partial charge in [-0.1, -0.05) is 15.9 Å². The molecule has 0 spiro atoms. The first-order chi connectivity index (χ1) is 8.97. The van der Waals surface area contributed by atoms with Gasteiger partial charge in [0.15, 0.2) is 0 Å². The smallest absolute Gasteiger partial charge is 0.331 e. The molecule has 0 saturated heterocycles. The number of hydrogen-bond donors (Lipinski definition) is 1. The molecular weight excluding hydrogens is 314 g/mol. The van der Waals surface area contributed by atoms with Crippen molar-refractivity contribution in [2.24, 2.45) is 0 Å². The lowest BCUT2D eigenvalue weighted by molar-refractivity contribution is -0.386. The van der Waals surface area contributed by atoms with Crippen LogP contribution in [0.3, 0.4) is 0 Å². The minimum Gasteiger partial charge on any atom is -0.434 e. The molecule has 1 aromatic heterocycles. The number of anilines is 1. The van der Waals surface area contributed by atoms with E-state index in [4.69, 9.17) is 10.5 Å². The minimum atomic E-state index is -0.562. The molecule has 0 saturated carbocycles. The van der Waals surface area contributed by atoms with Crippen molar-refractivity contribution in [1.29, 1.82) is 0 Å². The van der Waals surface area contributed by atoms with E-state index >= 15 is 0 Å². The number of rotatable bonds is 3. The first kappa shape index (κ1) is 13.3. The third-order valence-electron chi connectivity index (χ3n) is 2.40. The Labute approximate surface area is 117 Å². The van der Waals surface area contributed by atoms with Gasteiger partial charge in [0.05, 0.1) is 4.92 Å². The number of nitrogens with two attached hydrogens (primary N) is 1. The molecule has 0 aliphatic heterocycles. The number of nitrogen functional groups attached to an aromatic ring is 1. The number of benzene rings is 1. The maximum atomic E-state index is 10.9. The van der Waals surface area contributed by atoms with Crippen LogP contribution in [0.4, 0.5) is 11.5 Å². The van der Waals surface area contributed by atoms with Crippen LogP contribution >= 0.6 is 15.9 Å². The predicted molar refractivity (Wildman–Crippen MR) is 74.3 cm³/mol. The highest BCUT2D eigenvalue weighted by Gasteiger charge is 2.18. The van der Waals surface area contributed by atoms with Crippen LogP contribution in [0, 0.1) is 17.0 Å². The maximum Gasteiger partial charge on any atom is 0.331 e. The average Bonchev–Trinajstić information content (AvgIpc) is 2.33. The molecule has 0 radical (unpaired) electrons. The third-order valence-corrected chi connectivity index (χ3v) is 3.29. The van der Waals surface area contributed by atoms with E-state index in [0.29, 0.717) is 5.75 Å². The molecule has 1 aromatic carbocycles. The van der Waals surface area contributed by atoms with Gasteiger partial charge in [-0.15, -0.1) is 0 Å². The minimum absolute atomic E-state index is 0.119. The van der Waals surface area contributed by atoms with E-state index in [-0.39, 0.29) is 17.4 Å². The fraction of sp³-hybridized carbons (Fsp3) is 0.0833. The first-order valence-electron chi connectivity index (χ1n) is 5.32. The summed E-state index contributed by atoms with van der Waals surface area (Å²) in [7, 11) is 0. The van der Waals surface area contributed by atoms with Gasteiger partial charge >= 0.3 is 11.6 Å². The second kappa shape index (κ2) is 5.23. The fourth-order valence-electron chi connectivity index (χ4n) is 1.45. The molecule has 0 fully saturated rings. The monoisotopic (exact) mass is 323 g/mol. The fourth-order valence-corrected chi connectivity index (χ4v) is 1.70. The van der Waals surface area contributed by atoms with Crippen molar-refractivity contribution >= 4 is 27.4 Å². The number of nitro groups is 1. The summed E-state index contributed by atoms with van der Waals surface area (Å²) in [5.41, 5.74) is 6.24. The highest BCUT2D eigenvalue weighted by Crippen LogP contribution is 2.31. The molecule has 7 heteroatoms. The van der Waals surface area contributed by atoms with Gasteiger partial charge in [-0.3, -0.25) is 10.1 Å². The van der Waals surface area contributed by atoms with Gasteiger partial charge in [-0.25, -0.2) is 0 Å². The summed E-state index contributed by atoms with van der Waals surface area (Å²) < 4.78 is 6.36. The number of ether oxygens (including phenoxy) is 1. The lowest BCUT2D eigenvalue weighted by Crippen LogP contribution is -1.99. The summed E-state index contributed by atoms with van der Waals surface area (Å²) in [6.07, 6.45) is 0. The number of aryl methyl sites for hydroxylation is 1. The number of aromatic nitrogens is 1. The summed E-state index contributed by atoms with van der Waals surface area (Å²) in [5, 5.41) is 10.9. The molecule has 0 aliphatic carbocycles. The highest BCUT2D eigenvalue weighted by molar-refractivity contribution is 9.10. The molecule has 2 N–H and O–H groups in total. The summed E-state index contributed by atoms with van der Waals surface area (Å²) in [5.74, 6) is 0.503. The van der Waals surface area contributed by atoms with E-state index in [0.717, 1.165) is 10.0 Å². The van der Waals surface area contributed by atoms with Crippen LogP contribution in [0.5, 0.6) is 11.6 Å². The van der Waals surface area contributed by atoms with E-state index < -0.39 is 4.92 Å². The second-order valence-electron chi connectivity index (χ2n) is 3.83. The maximum absolute atomic E-state index is 10.9. The summed E-state index contributed by atoms with van der Waals surface area (Å²) in [6.45, 7) is 1.89. The Hall–Kier alpha value is -2.15. The molecule has 2 aromatic rings. The molecule has 2 rings (SSSR count). The third kappa shape index (κ3) is 3.00. The van der Waals surface area contributed by atoms with Gasteiger partial charge in [-0.05, 0) is 36.8 Å². The average molecular weight is 324 g/mol. The van der Waals surface area contributed by atoms with Crippen molar-refractivity contribution in [1.82, 2.24) is 4.98 Å². The van der Waals surface area contributed by atoms with Crippen LogP contribution in [0.1, 0.15) is 5.56 Å². The van der Waals surface area contributed by atoms with Crippen molar-refractivity contribution in [3.8, 4) is 11.6 Å². The van der Waals surface area contributed by atoms with Crippen LogP contribution in [0.2, 0.25) is 0 Å². The van der Waals surface area contributed by atoms with Gasteiger partial charge in [0, 0.05) is 10.5 Å². The summed E-state index contributed by atoms with van der Waals surface area (Å²) in [4.78, 5) is 14.2. The van der Waals surface area contributed by atoms with E-state index in [1.165, 1.54) is 12.1 Å². The quantitative estimate of drug-likeness (QED) is 0.690. The zero-order valence-corrected chi connectivity index (χ0v) is 11.5. The number of hydrogen-bond acceptors (Lipinski definition) is 5. The molecular formula is C12H10BrN3O3. The molecule has 0 bridgehead atoms. The largest absolute Gasteiger partial charge is 0.434 e. The number of halogens is 1. The van der Waals surface area contributed by atoms with Crippen LogP contribution in [-0.4, -0.2) is 9.91 Å². The lowest BCUT2D eigenvalue weighted by Gasteiger charge is -2.07. The van der Waals surface area contributed by atoms with Crippen molar-refractivity contribution in [3.63, 3.8) is 0 Å². The van der Waals surface area contributed by atoms with Crippen LogP contribution in [0.25, 0.3) is 0 Å². The Balaban J connectivity index is 2.39. The Morgan fingerprint density at radius 3 is 2.74 bits per heavy atom. The van der Waals surface area contributed by atoms with Gasteiger partial charge in [0.25, 0.3) is 0 Å². The highest BCUT2D eigenvalue weighted by atomic mass is 79.9. The van der Waals surface area contributed by atoms with E-state index in [9.17, 15) is 10.1 Å². The predicted octanol–water partition coefficient (Wildman–Crippen LogP) is 3.44. The van der Waals surface area contributed by atoms with Crippen LogP contribution in [-0.2, 0) is 0 Å². The van der Waals surface area contributed by atoms with E-state index in [1.54, 1.807) is 18.2 Å². The molecule has 19 heavy (non-hydrogen) atoms. The topological polar surface area (TPSA) is 91.3 Å². The summed E-state index contributed by atoms with van der Waals surface area (Å²) in [6, 6.07) is 7.86. The first-order valence-corrected chi connectivity index (χ1v) is 6.11. The van der Waals surface area contributed by atoms with Gasteiger partial charge in [-0.2, -0.15) is 4.98 Å². The molecule has 6 nitrogen and oxygen atoms in total. The van der Waals surface area contributed by atoms with Crippen LogP contribution in [0.15, 0.2) is 34.8 Å². The molecule has 0 aliphatic rings. The standard InChI is InChI=1S/C12H10BrN3O3/c1-7-6-8(2-3-9(7)13)19-12-10(16(17)18)4-5-11(14)15-12/h2-6H,1H3,(H2,14,15). The lowest BCUT2D eigenvalue weighted by atomic mass is 10.2. The second-order valence-corrected chi connectivity index (χ2v) is 4.68. The Kier molecular flexibility index (Phi) is 3.66. The molecule has 0 amide bonds. The SMILES string of the molecule is Cc1cc(Oc2nc(N)ccc2[N+](=O)[O-])ccc1Br. The zero-order chi connectivity index (χ0) is 14.0. The number of pyridine rings is 1. The van der Waals surface area contributed by atoms with Gasteiger partial charge in [0.2, 0.25) is 0 Å². The molecule has 98 valence electrons. The van der Waals surface area contributed by atoms with E-state index in [2.05, 4.69) is 20.9 Å². The Morgan fingerprint density at radius 2 is 2.11 bits per heavy atom. The summed E-state index contributed by atoms with van der Waals surface area (Å²) >= 11 is 3.36. The number of nitrogens with zero attached hydrogens (tertiary/aromatic N) is 2. The van der Waals surface area contributed by atoms with Crippen LogP contribution < -0.4 is 10.5 Å². The van der Waals surface area contributed by atoms with E-state index in [1.807, 2.05) is 6.92 Å². The Morgan fingerprint density at radius 1 is 1.37 bits per heavy atom. The zero-order valence-electron chi connectivity index (χ0n) is 9.96. The van der Waals surface area contributed by atoms with Gasteiger partial charge < -0.3 is 10.5 Å². The molecule has 1 heterocycles. The normalized spacial score (nSPS) is 10.2. The van der Waals surface area contributed by atoms with Crippen molar-refractivity contribution in [3.05, 3.63) is 50.5 Å². The van der Waals surface area contributed by atoms with Gasteiger partial charge in [0.1, 0.15) is 11.6 Å². The molecule has 0 unspecified atom stereocenters.